The maximum absolute atomic E-state index is 12.6. The number of amides is 2. The standard InChI is InChI=1S/C21H24F6N2O5/c22-20(23,24)13-1-4-16(5-2-13)32-11-18(30)28-14-3-6-17(33-10-14)19(31)29-15-7-12(8-15)9-34-21(25,26)27/h1-2,4-5,12,14-15,17H,3,6-11H2,(H,28,30)(H,29,31)/t12-,14-,15-,17+/m1/s1. The Morgan fingerprint density at radius 1 is 0.971 bits per heavy atom. The molecule has 190 valence electrons. The summed E-state index contributed by atoms with van der Waals surface area (Å²) < 4.78 is 88.2. The van der Waals surface area contributed by atoms with Gasteiger partial charge in [0, 0.05) is 6.04 Å². The van der Waals surface area contributed by atoms with Gasteiger partial charge in [-0.1, -0.05) is 0 Å². The quantitative estimate of drug-likeness (QED) is 0.538. The van der Waals surface area contributed by atoms with E-state index < -0.39 is 43.3 Å². The average molecular weight is 498 g/mol. The van der Waals surface area contributed by atoms with Crippen LogP contribution in [0, 0.1) is 5.92 Å². The molecule has 2 fully saturated rings. The van der Waals surface area contributed by atoms with E-state index in [-0.39, 0.29) is 36.3 Å². The number of hydrogen-bond donors (Lipinski definition) is 2. The fourth-order valence-electron chi connectivity index (χ4n) is 3.73. The molecule has 0 aromatic heterocycles. The number of benzene rings is 1. The second-order valence-electron chi connectivity index (χ2n) is 8.27. The van der Waals surface area contributed by atoms with E-state index in [9.17, 15) is 35.9 Å². The van der Waals surface area contributed by atoms with Crippen molar-refractivity contribution < 1.29 is 50.1 Å². The normalized spacial score (nSPS) is 25.2. The summed E-state index contributed by atoms with van der Waals surface area (Å²) in [5, 5.41) is 5.41. The highest BCUT2D eigenvalue weighted by atomic mass is 19.4. The molecule has 7 nitrogen and oxygen atoms in total. The Balaban J connectivity index is 1.30. The number of halogens is 6. The van der Waals surface area contributed by atoms with E-state index in [2.05, 4.69) is 15.4 Å². The first-order valence-corrected chi connectivity index (χ1v) is 10.6. The van der Waals surface area contributed by atoms with Crippen LogP contribution in [-0.4, -0.2) is 56.2 Å². The van der Waals surface area contributed by atoms with Gasteiger partial charge < -0.3 is 20.1 Å². The number of alkyl halides is 6. The molecule has 1 heterocycles. The number of ether oxygens (including phenoxy) is 3. The van der Waals surface area contributed by atoms with Gasteiger partial charge in [0.15, 0.2) is 6.61 Å². The fraction of sp³-hybridized carbons (Fsp3) is 0.619. The number of nitrogens with one attached hydrogen (secondary N) is 2. The Labute approximate surface area is 191 Å². The summed E-state index contributed by atoms with van der Waals surface area (Å²) in [5.74, 6) is -0.986. The van der Waals surface area contributed by atoms with E-state index in [0.717, 1.165) is 24.3 Å². The molecule has 1 aliphatic carbocycles. The van der Waals surface area contributed by atoms with Crippen molar-refractivity contribution in [3.63, 3.8) is 0 Å². The van der Waals surface area contributed by atoms with E-state index in [1.54, 1.807) is 0 Å². The lowest BCUT2D eigenvalue weighted by atomic mass is 9.80. The van der Waals surface area contributed by atoms with Gasteiger partial charge in [-0.15, -0.1) is 13.2 Å². The van der Waals surface area contributed by atoms with Crippen LogP contribution in [0.15, 0.2) is 24.3 Å². The van der Waals surface area contributed by atoms with Crippen LogP contribution in [0.1, 0.15) is 31.2 Å². The van der Waals surface area contributed by atoms with Gasteiger partial charge in [0.25, 0.3) is 5.91 Å². The van der Waals surface area contributed by atoms with Crippen LogP contribution in [0.5, 0.6) is 5.75 Å². The lowest BCUT2D eigenvalue weighted by molar-refractivity contribution is -0.330. The summed E-state index contributed by atoms with van der Waals surface area (Å²) in [7, 11) is 0. The van der Waals surface area contributed by atoms with Crippen molar-refractivity contribution in [3.05, 3.63) is 29.8 Å². The van der Waals surface area contributed by atoms with Crippen molar-refractivity contribution in [3.8, 4) is 5.75 Å². The minimum atomic E-state index is -4.66. The van der Waals surface area contributed by atoms with Crippen LogP contribution in [0.2, 0.25) is 0 Å². The minimum Gasteiger partial charge on any atom is -0.484 e. The maximum atomic E-state index is 12.6. The predicted molar refractivity (Wildman–Crippen MR) is 105 cm³/mol. The second kappa shape index (κ2) is 10.8. The third-order valence-corrected chi connectivity index (χ3v) is 5.55. The molecule has 2 aliphatic rings. The van der Waals surface area contributed by atoms with Crippen molar-refractivity contribution in [2.45, 2.75) is 56.4 Å². The highest BCUT2D eigenvalue weighted by Crippen LogP contribution is 2.31. The molecule has 1 saturated carbocycles. The average Bonchev–Trinajstić information content (AvgIpc) is 2.73. The number of carbonyl (C=O) groups excluding carboxylic acids is 2. The maximum Gasteiger partial charge on any atom is 0.522 e. The zero-order valence-corrected chi connectivity index (χ0v) is 17.9. The third-order valence-electron chi connectivity index (χ3n) is 5.55. The summed E-state index contributed by atoms with van der Waals surface area (Å²) in [5.41, 5.74) is -0.824. The summed E-state index contributed by atoms with van der Waals surface area (Å²) >= 11 is 0. The van der Waals surface area contributed by atoms with Crippen molar-refractivity contribution in [1.82, 2.24) is 10.6 Å². The smallest absolute Gasteiger partial charge is 0.484 e. The molecule has 34 heavy (non-hydrogen) atoms. The van der Waals surface area contributed by atoms with Crippen LogP contribution in [0.4, 0.5) is 26.3 Å². The number of carbonyl (C=O) groups is 2. The summed E-state index contributed by atoms with van der Waals surface area (Å²) in [6.45, 7) is -0.747. The van der Waals surface area contributed by atoms with Crippen molar-refractivity contribution in [2.75, 3.05) is 19.8 Å². The Morgan fingerprint density at radius 3 is 2.21 bits per heavy atom. The summed E-state index contributed by atoms with van der Waals surface area (Å²) in [6.07, 6.45) is -8.26. The molecule has 1 aromatic rings. The van der Waals surface area contributed by atoms with Gasteiger partial charge in [-0.2, -0.15) is 13.2 Å². The molecule has 2 amide bonds. The van der Waals surface area contributed by atoms with Crippen LogP contribution < -0.4 is 15.4 Å². The first-order valence-electron chi connectivity index (χ1n) is 10.6. The molecule has 1 aliphatic heterocycles. The van der Waals surface area contributed by atoms with E-state index in [1.165, 1.54) is 0 Å². The zero-order valence-electron chi connectivity index (χ0n) is 17.9. The predicted octanol–water partition coefficient (Wildman–Crippen LogP) is 3.18. The monoisotopic (exact) mass is 498 g/mol. The van der Waals surface area contributed by atoms with E-state index in [1.807, 2.05) is 0 Å². The molecule has 2 N–H and O–H groups in total. The van der Waals surface area contributed by atoms with Gasteiger partial charge in [-0.05, 0) is 55.9 Å². The fourth-order valence-corrected chi connectivity index (χ4v) is 3.73. The Hall–Kier alpha value is -2.54. The Morgan fingerprint density at radius 2 is 1.65 bits per heavy atom. The first kappa shape index (κ1) is 26.1. The second-order valence-corrected chi connectivity index (χ2v) is 8.27. The van der Waals surface area contributed by atoms with E-state index in [0.29, 0.717) is 25.7 Å². The Kier molecular flexibility index (Phi) is 8.29. The molecule has 0 bridgehead atoms. The molecule has 1 saturated heterocycles. The Bertz CT molecular complexity index is 832. The molecule has 13 heteroatoms. The summed E-state index contributed by atoms with van der Waals surface area (Å²) in [6, 6.07) is 3.37. The van der Waals surface area contributed by atoms with Crippen LogP contribution in [0.3, 0.4) is 0 Å². The van der Waals surface area contributed by atoms with Crippen LogP contribution in [0.25, 0.3) is 0 Å². The lowest BCUT2D eigenvalue weighted by Gasteiger charge is -2.37. The zero-order chi connectivity index (χ0) is 24.9. The molecule has 0 unspecified atom stereocenters. The minimum absolute atomic E-state index is 0.0802. The van der Waals surface area contributed by atoms with Crippen LogP contribution >= 0.6 is 0 Å². The van der Waals surface area contributed by atoms with Gasteiger partial charge in [-0.3, -0.25) is 14.3 Å². The van der Waals surface area contributed by atoms with E-state index in [4.69, 9.17) is 9.47 Å². The molecular formula is C21H24F6N2O5. The number of hydrogen-bond acceptors (Lipinski definition) is 5. The molecule has 1 aromatic carbocycles. The number of rotatable bonds is 8. The lowest BCUT2D eigenvalue weighted by Crippen LogP contribution is -2.52. The topological polar surface area (TPSA) is 85.9 Å². The molecule has 0 radical (unpaired) electrons. The third kappa shape index (κ3) is 8.05. The molecular weight excluding hydrogens is 474 g/mol. The van der Waals surface area contributed by atoms with Crippen molar-refractivity contribution >= 4 is 11.8 Å². The highest BCUT2D eigenvalue weighted by molar-refractivity contribution is 5.81. The van der Waals surface area contributed by atoms with Crippen molar-refractivity contribution in [1.29, 1.82) is 0 Å². The van der Waals surface area contributed by atoms with Gasteiger partial charge in [0.1, 0.15) is 11.9 Å². The van der Waals surface area contributed by atoms with E-state index >= 15 is 0 Å². The van der Waals surface area contributed by atoms with Crippen molar-refractivity contribution in [2.24, 2.45) is 5.92 Å². The van der Waals surface area contributed by atoms with Gasteiger partial charge >= 0.3 is 12.5 Å². The molecule has 3 rings (SSSR count). The van der Waals surface area contributed by atoms with Gasteiger partial charge in [0.05, 0.1) is 24.8 Å². The SMILES string of the molecule is O=C(COc1ccc(C(F)(F)F)cc1)N[C@@H]1CC[C@@H](C(=O)N[C@H]2C[C@H](COC(F)(F)F)C2)OC1. The summed E-state index contributed by atoms with van der Waals surface area (Å²) in [4.78, 5) is 24.3. The van der Waals surface area contributed by atoms with Crippen LogP contribution in [-0.2, 0) is 25.2 Å². The largest absolute Gasteiger partial charge is 0.522 e. The highest BCUT2D eigenvalue weighted by Gasteiger charge is 2.37. The van der Waals surface area contributed by atoms with Gasteiger partial charge in [0.2, 0.25) is 5.91 Å². The molecule has 2 atom stereocenters. The van der Waals surface area contributed by atoms with Gasteiger partial charge in [-0.25, -0.2) is 0 Å². The first-order chi connectivity index (χ1) is 15.9. The molecule has 0 spiro atoms.